The van der Waals surface area contributed by atoms with Crippen LogP contribution in [0, 0.1) is 0 Å². The molecule has 1 fully saturated rings. The van der Waals surface area contributed by atoms with Gasteiger partial charge in [-0.05, 0) is 43.3 Å². The molecule has 0 unspecified atom stereocenters. The van der Waals surface area contributed by atoms with Crippen molar-refractivity contribution in [3.8, 4) is 17.1 Å². The minimum absolute atomic E-state index is 0.0749. The predicted octanol–water partition coefficient (Wildman–Crippen LogP) is 3.10. The van der Waals surface area contributed by atoms with Gasteiger partial charge >= 0.3 is 6.03 Å². The van der Waals surface area contributed by atoms with Crippen LogP contribution >= 0.6 is 0 Å². The molecule has 1 aliphatic heterocycles. The monoisotopic (exact) mass is 378 g/mol. The van der Waals surface area contributed by atoms with Crippen LogP contribution in [-0.4, -0.2) is 40.1 Å². The van der Waals surface area contributed by atoms with Crippen LogP contribution in [0.4, 0.5) is 10.5 Å². The highest BCUT2D eigenvalue weighted by atomic mass is 16.5. The smallest absolute Gasteiger partial charge is 0.332 e. The summed E-state index contributed by atoms with van der Waals surface area (Å²) in [6.07, 6.45) is 0. The molecule has 0 radical (unpaired) electrons. The topological polar surface area (TPSA) is 88.8 Å². The second-order valence-corrected chi connectivity index (χ2v) is 6.33. The summed E-state index contributed by atoms with van der Waals surface area (Å²) >= 11 is 0. The number of hydrogen-bond donors (Lipinski definition) is 0. The summed E-state index contributed by atoms with van der Waals surface area (Å²) in [5, 5.41) is 3.94. The molecule has 1 aromatic heterocycles. The third-order valence-corrected chi connectivity index (χ3v) is 4.59. The molecule has 1 saturated heterocycles. The van der Waals surface area contributed by atoms with Gasteiger partial charge in [0.1, 0.15) is 18.3 Å². The number of imide groups is 1. The standard InChI is InChI=1S/C20H18N4O4/c1-13-19(25)23(20(26)24(13)15-6-4-3-5-7-15)12-17-21-18(22-28-17)14-8-10-16(27-2)11-9-14/h3-11,13H,12H2,1-2H3/t13-/m1/s1. The fourth-order valence-electron chi connectivity index (χ4n) is 3.11. The van der Waals surface area contributed by atoms with Gasteiger partial charge in [-0.3, -0.25) is 14.6 Å². The molecule has 142 valence electrons. The molecule has 3 aromatic rings. The lowest BCUT2D eigenvalue weighted by atomic mass is 10.2. The van der Waals surface area contributed by atoms with Crippen LogP contribution in [-0.2, 0) is 11.3 Å². The van der Waals surface area contributed by atoms with Crippen molar-refractivity contribution in [2.75, 3.05) is 12.0 Å². The second-order valence-electron chi connectivity index (χ2n) is 6.33. The maximum Gasteiger partial charge on any atom is 0.332 e. The Balaban J connectivity index is 1.53. The lowest BCUT2D eigenvalue weighted by Gasteiger charge is -2.18. The fraction of sp³-hybridized carbons (Fsp3) is 0.200. The number of amides is 3. The molecule has 28 heavy (non-hydrogen) atoms. The number of methoxy groups -OCH3 is 1. The van der Waals surface area contributed by atoms with Gasteiger partial charge in [-0.1, -0.05) is 23.4 Å². The molecule has 4 rings (SSSR count). The van der Waals surface area contributed by atoms with Gasteiger partial charge in [-0.2, -0.15) is 4.98 Å². The van der Waals surface area contributed by atoms with E-state index in [1.165, 1.54) is 4.90 Å². The Hall–Kier alpha value is -3.68. The van der Waals surface area contributed by atoms with Crippen molar-refractivity contribution in [2.45, 2.75) is 19.5 Å². The van der Waals surface area contributed by atoms with Gasteiger partial charge in [-0.25, -0.2) is 4.79 Å². The third-order valence-electron chi connectivity index (χ3n) is 4.59. The summed E-state index contributed by atoms with van der Waals surface area (Å²) < 4.78 is 10.4. The lowest BCUT2D eigenvalue weighted by Crippen LogP contribution is -2.33. The van der Waals surface area contributed by atoms with E-state index in [2.05, 4.69) is 10.1 Å². The first-order valence-corrected chi connectivity index (χ1v) is 8.75. The highest BCUT2D eigenvalue weighted by Gasteiger charge is 2.43. The maximum absolute atomic E-state index is 12.8. The van der Waals surface area contributed by atoms with Gasteiger partial charge in [0.05, 0.1) is 7.11 Å². The van der Waals surface area contributed by atoms with Gasteiger partial charge in [0, 0.05) is 11.3 Å². The van der Waals surface area contributed by atoms with E-state index < -0.39 is 12.1 Å². The Kier molecular flexibility index (Phi) is 4.52. The van der Waals surface area contributed by atoms with E-state index in [0.29, 0.717) is 11.5 Å². The summed E-state index contributed by atoms with van der Waals surface area (Å²) in [6.45, 7) is 1.62. The number of carbonyl (C=O) groups is 2. The number of urea groups is 1. The number of ether oxygens (including phenoxy) is 1. The lowest BCUT2D eigenvalue weighted by molar-refractivity contribution is -0.127. The first-order valence-electron chi connectivity index (χ1n) is 8.75. The van der Waals surface area contributed by atoms with Crippen LogP contribution in [0.1, 0.15) is 12.8 Å². The number of benzene rings is 2. The minimum atomic E-state index is -0.598. The number of nitrogens with zero attached hydrogens (tertiary/aromatic N) is 4. The molecule has 1 aliphatic rings. The Labute approximate surface area is 161 Å². The normalized spacial score (nSPS) is 16.7. The minimum Gasteiger partial charge on any atom is -0.497 e. The summed E-state index contributed by atoms with van der Waals surface area (Å²) in [6, 6.07) is 15.3. The molecule has 0 aliphatic carbocycles. The van der Waals surface area contributed by atoms with Crippen LogP contribution < -0.4 is 9.64 Å². The van der Waals surface area contributed by atoms with Gasteiger partial charge < -0.3 is 9.26 Å². The molecule has 8 nitrogen and oxygen atoms in total. The van der Waals surface area contributed by atoms with Gasteiger partial charge in [0.25, 0.3) is 5.91 Å². The Bertz CT molecular complexity index is 1000. The number of carbonyl (C=O) groups excluding carboxylic acids is 2. The number of para-hydroxylation sites is 1. The maximum atomic E-state index is 12.8. The van der Waals surface area contributed by atoms with E-state index in [1.54, 1.807) is 50.4 Å². The van der Waals surface area contributed by atoms with Gasteiger partial charge in [0.15, 0.2) is 0 Å². The van der Waals surface area contributed by atoms with Gasteiger partial charge in [0.2, 0.25) is 11.7 Å². The van der Waals surface area contributed by atoms with Crippen molar-refractivity contribution in [3.63, 3.8) is 0 Å². The molecule has 1 atom stereocenters. The van der Waals surface area contributed by atoms with Crippen LogP contribution in [0.3, 0.4) is 0 Å². The van der Waals surface area contributed by atoms with E-state index in [0.717, 1.165) is 16.2 Å². The molecule has 2 heterocycles. The van der Waals surface area contributed by atoms with Crippen LogP contribution in [0.25, 0.3) is 11.4 Å². The summed E-state index contributed by atoms with van der Waals surface area (Å²) in [5.74, 6) is 0.980. The molecular formula is C20H18N4O4. The zero-order valence-electron chi connectivity index (χ0n) is 15.4. The van der Waals surface area contributed by atoms with Crippen molar-refractivity contribution < 1.29 is 18.8 Å². The van der Waals surface area contributed by atoms with Crippen molar-refractivity contribution in [1.29, 1.82) is 0 Å². The van der Waals surface area contributed by atoms with Crippen LogP contribution in [0.15, 0.2) is 59.1 Å². The largest absolute Gasteiger partial charge is 0.497 e. The molecule has 3 amide bonds. The van der Waals surface area contributed by atoms with E-state index in [-0.39, 0.29) is 18.3 Å². The second kappa shape index (κ2) is 7.15. The highest BCUT2D eigenvalue weighted by Crippen LogP contribution is 2.27. The zero-order valence-corrected chi connectivity index (χ0v) is 15.4. The average molecular weight is 378 g/mol. The van der Waals surface area contributed by atoms with E-state index in [4.69, 9.17) is 9.26 Å². The summed E-state index contributed by atoms with van der Waals surface area (Å²) in [5.41, 5.74) is 1.41. The molecule has 0 spiro atoms. The van der Waals surface area contributed by atoms with Crippen molar-refractivity contribution in [3.05, 3.63) is 60.5 Å². The first kappa shape index (κ1) is 17.7. The Morgan fingerprint density at radius 1 is 1.07 bits per heavy atom. The number of anilines is 1. The summed E-state index contributed by atoms with van der Waals surface area (Å²) in [4.78, 5) is 32.3. The van der Waals surface area contributed by atoms with E-state index in [9.17, 15) is 9.59 Å². The zero-order chi connectivity index (χ0) is 19.7. The predicted molar refractivity (Wildman–Crippen MR) is 101 cm³/mol. The first-order chi connectivity index (χ1) is 13.6. The number of rotatable bonds is 5. The van der Waals surface area contributed by atoms with Crippen molar-refractivity contribution in [1.82, 2.24) is 15.0 Å². The van der Waals surface area contributed by atoms with Crippen LogP contribution in [0.5, 0.6) is 5.75 Å². The average Bonchev–Trinajstić information content (AvgIpc) is 3.28. The number of hydrogen-bond acceptors (Lipinski definition) is 6. The molecule has 2 aromatic carbocycles. The highest BCUT2D eigenvalue weighted by molar-refractivity contribution is 6.13. The molecule has 0 bridgehead atoms. The quantitative estimate of drug-likeness (QED) is 0.634. The van der Waals surface area contributed by atoms with E-state index in [1.807, 2.05) is 18.2 Å². The molecular weight excluding hydrogens is 360 g/mol. The Morgan fingerprint density at radius 3 is 2.46 bits per heavy atom. The Morgan fingerprint density at radius 2 is 1.79 bits per heavy atom. The third kappa shape index (κ3) is 3.09. The molecule has 0 N–H and O–H groups in total. The van der Waals surface area contributed by atoms with Crippen LogP contribution in [0.2, 0.25) is 0 Å². The summed E-state index contributed by atoms with van der Waals surface area (Å²) in [7, 11) is 1.59. The fourth-order valence-corrected chi connectivity index (χ4v) is 3.11. The van der Waals surface area contributed by atoms with Crippen molar-refractivity contribution in [2.24, 2.45) is 0 Å². The SMILES string of the molecule is COc1ccc(-c2noc(CN3C(=O)[C@@H](C)N(c4ccccc4)C3=O)n2)cc1. The van der Waals surface area contributed by atoms with Gasteiger partial charge in [-0.15, -0.1) is 0 Å². The molecule has 8 heteroatoms. The number of aromatic nitrogens is 2. The molecule has 0 saturated carbocycles. The van der Waals surface area contributed by atoms with Crippen molar-refractivity contribution >= 4 is 17.6 Å². The van der Waals surface area contributed by atoms with E-state index >= 15 is 0 Å².